The lowest BCUT2D eigenvalue weighted by atomic mass is 10.3. The molecule has 8 nitrogen and oxygen atoms in total. The summed E-state index contributed by atoms with van der Waals surface area (Å²) >= 11 is 1.62. The smallest absolute Gasteiger partial charge is 0.343 e. The number of nitrogens with zero attached hydrogens (tertiary/aromatic N) is 5. The predicted octanol–water partition coefficient (Wildman–Crippen LogP) is 0.975. The third kappa shape index (κ3) is 3.08. The lowest BCUT2D eigenvalue weighted by Gasteiger charge is -2.26. The first-order valence-corrected chi connectivity index (χ1v) is 8.45. The Morgan fingerprint density at radius 1 is 1.21 bits per heavy atom. The molecule has 0 aromatic carbocycles. The zero-order chi connectivity index (χ0) is 16.4. The van der Waals surface area contributed by atoms with Crippen molar-refractivity contribution in [1.82, 2.24) is 24.7 Å². The maximum atomic E-state index is 11.5. The molecule has 4 rings (SSSR count). The highest BCUT2D eigenvalue weighted by Gasteiger charge is 2.14. The SMILES string of the molecule is O=c1[nH]ncn1Cc1ccc(-c2cnc(N3CCOCC3)nc2)s1. The highest BCUT2D eigenvalue weighted by molar-refractivity contribution is 7.15. The molecular weight excluding hydrogens is 328 g/mol. The predicted molar refractivity (Wildman–Crippen MR) is 90.3 cm³/mol. The van der Waals surface area contributed by atoms with Crippen LogP contribution in [0, 0.1) is 0 Å². The Morgan fingerprint density at radius 3 is 2.71 bits per heavy atom. The normalized spacial score (nSPS) is 14.9. The van der Waals surface area contributed by atoms with Crippen LogP contribution in [0.4, 0.5) is 5.95 Å². The number of morpholine rings is 1. The summed E-state index contributed by atoms with van der Waals surface area (Å²) in [7, 11) is 0. The van der Waals surface area contributed by atoms with Crippen molar-refractivity contribution in [2.45, 2.75) is 6.54 Å². The zero-order valence-corrected chi connectivity index (χ0v) is 13.7. The maximum absolute atomic E-state index is 11.5. The second kappa shape index (κ2) is 6.54. The fraction of sp³-hybridized carbons (Fsp3) is 0.333. The van der Waals surface area contributed by atoms with Crippen LogP contribution in [0.25, 0.3) is 10.4 Å². The van der Waals surface area contributed by atoms with Crippen LogP contribution in [-0.4, -0.2) is 51.0 Å². The first-order valence-electron chi connectivity index (χ1n) is 7.63. The first kappa shape index (κ1) is 15.0. The van der Waals surface area contributed by atoms with Crippen LogP contribution in [-0.2, 0) is 11.3 Å². The molecule has 1 saturated heterocycles. The van der Waals surface area contributed by atoms with Gasteiger partial charge in [0.1, 0.15) is 6.33 Å². The number of aromatic nitrogens is 5. The van der Waals surface area contributed by atoms with E-state index in [1.807, 2.05) is 24.5 Å². The van der Waals surface area contributed by atoms with E-state index in [-0.39, 0.29) is 5.69 Å². The van der Waals surface area contributed by atoms with Crippen molar-refractivity contribution in [3.63, 3.8) is 0 Å². The van der Waals surface area contributed by atoms with Crippen molar-refractivity contribution in [1.29, 1.82) is 0 Å². The van der Waals surface area contributed by atoms with Gasteiger partial charge in [0.05, 0.1) is 19.8 Å². The molecule has 124 valence electrons. The quantitative estimate of drug-likeness (QED) is 0.759. The molecule has 0 saturated carbocycles. The van der Waals surface area contributed by atoms with Gasteiger partial charge in [-0.25, -0.2) is 19.9 Å². The fourth-order valence-electron chi connectivity index (χ4n) is 2.54. The molecule has 0 unspecified atom stereocenters. The molecule has 3 aromatic heterocycles. The van der Waals surface area contributed by atoms with Gasteiger partial charge in [-0.1, -0.05) is 0 Å². The van der Waals surface area contributed by atoms with Crippen LogP contribution in [0.5, 0.6) is 0 Å². The first-order chi connectivity index (χ1) is 11.8. The topological polar surface area (TPSA) is 88.9 Å². The van der Waals surface area contributed by atoms with E-state index in [2.05, 4.69) is 25.1 Å². The van der Waals surface area contributed by atoms with Gasteiger partial charge in [0.15, 0.2) is 0 Å². The largest absolute Gasteiger partial charge is 0.378 e. The molecule has 1 aliphatic rings. The second-order valence-corrected chi connectivity index (χ2v) is 6.59. The zero-order valence-electron chi connectivity index (χ0n) is 12.9. The van der Waals surface area contributed by atoms with Gasteiger partial charge >= 0.3 is 5.69 Å². The molecule has 0 spiro atoms. The van der Waals surface area contributed by atoms with Gasteiger partial charge in [-0.3, -0.25) is 4.57 Å². The monoisotopic (exact) mass is 344 g/mol. The van der Waals surface area contributed by atoms with Crippen LogP contribution in [0.15, 0.2) is 35.6 Å². The summed E-state index contributed by atoms with van der Waals surface area (Å²) in [5.74, 6) is 0.740. The lowest BCUT2D eigenvalue weighted by Crippen LogP contribution is -2.37. The molecule has 1 aliphatic heterocycles. The van der Waals surface area contributed by atoms with Crippen LogP contribution in [0.1, 0.15) is 4.88 Å². The number of rotatable bonds is 4. The molecule has 0 aliphatic carbocycles. The molecule has 1 N–H and O–H groups in total. The summed E-state index contributed by atoms with van der Waals surface area (Å²) in [6.07, 6.45) is 5.19. The molecule has 4 heterocycles. The highest BCUT2D eigenvalue weighted by Crippen LogP contribution is 2.28. The number of hydrogen-bond acceptors (Lipinski definition) is 7. The Hall–Kier alpha value is -2.52. The van der Waals surface area contributed by atoms with Crippen LogP contribution < -0.4 is 10.6 Å². The lowest BCUT2D eigenvalue weighted by molar-refractivity contribution is 0.122. The molecule has 0 bridgehead atoms. The number of ether oxygens (including phenoxy) is 1. The molecular formula is C15H16N6O2S. The fourth-order valence-corrected chi connectivity index (χ4v) is 3.53. The molecule has 3 aromatic rings. The molecule has 1 fully saturated rings. The Kier molecular flexibility index (Phi) is 4.09. The molecule has 0 atom stereocenters. The van der Waals surface area contributed by atoms with Gasteiger partial charge in [-0.15, -0.1) is 11.3 Å². The molecule has 24 heavy (non-hydrogen) atoms. The third-order valence-corrected chi connectivity index (χ3v) is 4.94. The average molecular weight is 344 g/mol. The van der Waals surface area contributed by atoms with Gasteiger partial charge in [0.25, 0.3) is 0 Å². The average Bonchev–Trinajstić information content (AvgIpc) is 3.26. The van der Waals surface area contributed by atoms with E-state index in [9.17, 15) is 4.79 Å². The van der Waals surface area contributed by atoms with Crippen molar-refractivity contribution in [3.8, 4) is 10.4 Å². The van der Waals surface area contributed by atoms with Crippen LogP contribution in [0.3, 0.4) is 0 Å². The number of hydrogen-bond donors (Lipinski definition) is 1. The summed E-state index contributed by atoms with van der Waals surface area (Å²) in [6.45, 7) is 3.58. The third-order valence-electron chi connectivity index (χ3n) is 3.82. The van der Waals surface area contributed by atoms with Crippen molar-refractivity contribution in [2.24, 2.45) is 0 Å². The minimum absolute atomic E-state index is 0.205. The van der Waals surface area contributed by atoms with Crippen molar-refractivity contribution >= 4 is 17.3 Å². The summed E-state index contributed by atoms with van der Waals surface area (Å²) in [5, 5.41) is 6.13. The van der Waals surface area contributed by atoms with Gasteiger partial charge in [0, 0.05) is 40.8 Å². The highest BCUT2D eigenvalue weighted by atomic mass is 32.1. The van der Waals surface area contributed by atoms with E-state index in [0.717, 1.165) is 34.4 Å². The standard InChI is InChI=1S/C15H16N6O2S/c22-15-19-18-10-21(15)9-12-1-2-13(24-12)11-7-16-14(17-8-11)20-3-5-23-6-4-20/h1-2,7-8,10H,3-6,9H2,(H,19,22). The van der Waals surface area contributed by atoms with Crippen LogP contribution >= 0.6 is 11.3 Å². The summed E-state index contributed by atoms with van der Waals surface area (Å²) in [6, 6.07) is 4.04. The number of nitrogens with one attached hydrogen (secondary N) is 1. The van der Waals surface area contributed by atoms with E-state index in [1.165, 1.54) is 10.9 Å². The molecule has 9 heteroatoms. The minimum atomic E-state index is -0.205. The van der Waals surface area contributed by atoms with E-state index in [1.54, 1.807) is 11.3 Å². The Labute approximate surface area is 141 Å². The number of H-pyrrole nitrogens is 1. The maximum Gasteiger partial charge on any atom is 0.343 e. The second-order valence-electron chi connectivity index (χ2n) is 5.43. The van der Waals surface area contributed by atoms with Gasteiger partial charge in [-0.05, 0) is 12.1 Å². The Morgan fingerprint density at radius 2 is 2.00 bits per heavy atom. The summed E-state index contributed by atoms with van der Waals surface area (Å²) in [5.41, 5.74) is 0.769. The van der Waals surface area contributed by atoms with Gasteiger partial charge < -0.3 is 9.64 Å². The van der Waals surface area contributed by atoms with E-state index in [0.29, 0.717) is 19.8 Å². The molecule has 0 radical (unpaired) electrons. The number of thiophene rings is 1. The van der Waals surface area contributed by atoms with E-state index >= 15 is 0 Å². The van der Waals surface area contributed by atoms with Crippen molar-refractivity contribution in [3.05, 3.63) is 46.2 Å². The van der Waals surface area contributed by atoms with E-state index < -0.39 is 0 Å². The minimum Gasteiger partial charge on any atom is -0.378 e. The number of anilines is 1. The van der Waals surface area contributed by atoms with Crippen molar-refractivity contribution in [2.75, 3.05) is 31.2 Å². The summed E-state index contributed by atoms with van der Waals surface area (Å²) < 4.78 is 6.88. The summed E-state index contributed by atoms with van der Waals surface area (Å²) in [4.78, 5) is 24.7. The van der Waals surface area contributed by atoms with Gasteiger partial charge in [-0.2, -0.15) is 5.10 Å². The number of aromatic amines is 1. The van der Waals surface area contributed by atoms with Crippen molar-refractivity contribution < 1.29 is 4.74 Å². The van der Waals surface area contributed by atoms with E-state index in [4.69, 9.17) is 4.74 Å². The Bertz CT molecular complexity index is 862. The Balaban J connectivity index is 1.49. The van der Waals surface area contributed by atoms with Gasteiger partial charge in [0.2, 0.25) is 5.95 Å². The van der Waals surface area contributed by atoms with Crippen LogP contribution in [0.2, 0.25) is 0 Å². The molecule has 0 amide bonds.